The minimum Gasteiger partial charge on any atom is -0.342 e. The largest absolute Gasteiger partial charge is 0.342 e. The van der Waals surface area contributed by atoms with Gasteiger partial charge in [-0.1, -0.05) is 11.8 Å². The standard InChI is InChI=1S/C13H15FN2O/c1-3-16(2)13(17)11-7-6-10(5-4-8-15)12(14)9-11/h6-7,9H,3,8,15H2,1-2H3. The molecule has 1 rings (SSSR count). The summed E-state index contributed by atoms with van der Waals surface area (Å²) in [6.45, 7) is 2.61. The Balaban J connectivity index is 3.00. The summed E-state index contributed by atoms with van der Waals surface area (Å²) >= 11 is 0. The second-order valence-electron chi connectivity index (χ2n) is 3.52. The van der Waals surface area contributed by atoms with Crippen molar-refractivity contribution >= 4 is 5.91 Å². The number of nitrogens with two attached hydrogens (primary N) is 1. The molecule has 2 N–H and O–H groups in total. The lowest BCUT2D eigenvalue weighted by molar-refractivity contribution is 0.0802. The third-order valence-corrected chi connectivity index (χ3v) is 2.36. The fourth-order valence-corrected chi connectivity index (χ4v) is 1.26. The van der Waals surface area contributed by atoms with E-state index in [-0.39, 0.29) is 18.0 Å². The smallest absolute Gasteiger partial charge is 0.253 e. The van der Waals surface area contributed by atoms with E-state index in [9.17, 15) is 9.18 Å². The van der Waals surface area contributed by atoms with E-state index in [4.69, 9.17) is 5.73 Å². The summed E-state index contributed by atoms with van der Waals surface area (Å²) in [6.07, 6.45) is 0. The maximum Gasteiger partial charge on any atom is 0.253 e. The molecule has 0 aliphatic rings. The van der Waals surface area contributed by atoms with Crippen LogP contribution >= 0.6 is 0 Å². The molecule has 0 atom stereocenters. The van der Waals surface area contributed by atoms with Gasteiger partial charge in [-0.3, -0.25) is 4.79 Å². The van der Waals surface area contributed by atoms with Gasteiger partial charge in [-0.05, 0) is 25.1 Å². The number of halogens is 1. The average molecular weight is 234 g/mol. The molecule has 0 heterocycles. The number of amides is 1. The SMILES string of the molecule is CCN(C)C(=O)c1ccc(C#CCN)c(F)c1. The molecule has 1 aromatic carbocycles. The van der Waals surface area contributed by atoms with Gasteiger partial charge in [0.1, 0.15) is 5.82 Å². The first-order valence-electron chi connectivity index (χ1n) is 5.34. The lowest BCUT2D eigenvalue weighted by Gasteiger charge is -2.14. The quantitative estimate of drug-likeness (QED) is 0.782. The lowest BCUT2D eigenvalue weighted by atomic mass is 10.1. The predicted molar refractivity (Wildman–Crippen MR) is 65.0 cm³/mol. The van der Waals surface area contributed by atoms with Crippen molar-refractivity contribution in [1.82, 2.24) is 4.90 Å². The van der Waals surface area contributed by atoms with E-state index < -0.39 is 5.82 Å². The first-order chi connectivity index (χ1) is 8.10. The molecule has 0 fully saturated rings. The van der Waals surface area contributed by atoms with Gasteiger partial charge in [0, 0.05) is 19.2 Å². The number of rotatable bonds is 2. The van der Waals surface area contributed by atoms with Gasteiger partial charge in [-0.2, -0.15) is 0 Å². The van der Waals surface area contributed by atoms with Gasteiger partial charge < -0.3 is 10.6 Å². The van der Waals surface area contributed by atoms with Crippen LogP contribution in [0.4, 0.5) is 4.39 Å². The number of hydrogen-bond acceptors (Lipinski definition) is 2. The van der Waals surface area contributed by atoms with E-state index in [1.165, 1.54) is 17.0 Å². The number of nitrogens with zero attached hydrogens (tertiary/aromatic N) is 1. The molecule has 0 radical (unpaired) electrons. The Kier molecular flexibility index (Phi) is 4.68. The Morgan fingerprint density at radius 1 is 1.53 bits per heavy atom. The van der Waals surface area contributed by atoms with Gasteiger partial charge in [-0.25, -0.2) is 4.39 Å². The predicted octanol–water partition coefficient (Wildman–Crippen LogP) is 1.23. The van der Waals surface area contributed by atoms with Gasteiger partial charge in [0.2, 0.25) is 0 Å². The molecule has 4 heteroatoms. The molecular weight excluding hydrogens is 219 g/mol. The third-order valence-electron chi connectivity index (χ3n) is 2.36. The monoisotopic (exact) mass is 234 g/mol. The minimum atomic E-state index is -0.499. The molecular formula is C13H15FN2O. The van der Waals surface area contributed by atoms with E-state index in [1.807, 2.05) is 6.92 Å². The zero-order valence-corrected chi connectivity index (χ0v) is 9.96. The first-order valence-corrected chi connectivity index (χ1v) is 5.34. The normalized spacial score (nSPS) is 9.41. The van der Waals surface area contributed by atoms with Crippen molar-refractivity contribution in [2.45, 2.75) is 6.92 Å². The van der Waals surface area contributed by atoms with Crippen LogP contribution < -0.4 is 5.73 Å². The van der Waals surface area contributed by atoms with Gasteiger partial charge in [0.25, 0.3) is 5.91 Å². The van der Waals surface area contributed by atoms with Crippen molar-refractivity contribution in [1.29, 1.82) is 0 Å². The van der Waals surface area contributed by atoms with Crippen molar-refractivity contribution in [3.05, 3.63) is 35.1 Å². The second kappa shape index (κ2) is 6.02. The van der Waals surface area contributed by atoms with Crippen LogP contribution in [0.1, 0.15) is 22.8 Å². The first kappa shape index (κ1) is 13.2. The van der Waals surface area contributed by atoms with Crippen LogP contribution in [0.15, 0.2) is 18.2 Å². The summed E-state index contributed by atoms with van der Waals surface area (Å²) in [4.78, 5) is 13.3. The topological polar surface area (TPSA) is 46.3 Å². The molecule has 1 aromatic rings. The molecule has 0 aromatic heterocycles. The molecule has 1 amide bonds. The van der Waals surface area contributed by atoms with E-state index in [1.54, 1.807) is 13.1 Å². The number of carbonyl (C=O) groups excluding carboxylic acids is 1. The van der Waals surface area contributed by atoms with E-state index in [2.05, 4.69) is 11.8 Å². The van der Waals surface area contributed by atoms with E-state index in [0.717, 1.165) is 0 Å². The average Bonchev–Trinajstić information content (AvgIpc) is 2.35. The van der Waals surface area contributed by atoms with Gasteiger partial charge in [0.15, 0.2) is 0 Å². The maximum atomic E-state index is 13.6. The Morgan fingerprint density at radius 2 is 2.24 bits per heavy atom. The van der Waals surface area contributed by atoms with Crippen LogP contribution in [0.2, 0.25) is 0 Å². The molecule has 90 valence electrons. The van der Waals surface area contributed by atoms with Crippen LogP contribution in [0.25, 0.3) is 0 Å². The Hall–Kier alpha value is -1.86. The molecule has 0 saturated heterocycles. The van der Waals surface area contributed by atoms with Crippen LogP contribution in [0, 0.1) is 17.7 Å². The zero-order valence-electron chi connectivity index (χ0n) is 9.96. The molecule has 3 nitrogen and oxygen atoms in total. The summed E-state index contributed by atoms with van der Waals surface area (Å²) in [6, 6.07) is 4.27. The molecule has 0 aliphatic carbocycles. The van der Waals surface area contributed by atoms with Gasteiger partial charge in [0.05, 0.1) is 12.1 Å². The van der Waals surface area contributed by atoms with Crippen LogP contribution in [0.5, 0.6) is 0 Å². The van der Waals surface area contributed by atoms with Crippen LogP contribution in [-0.4, -0.2) is 30.9 Å². The van der Waals surface area contributed by atoms with Gasteiger partial charge >= 0.3 is 0 Å². The fourth-order valence-electron chi connectivity index (χ4n) is 1.26. The highest BCUT2D eigenvalue weighted by molar-refractivity contribution is 5.94. The third kappa shape index (κ3) is 3.30. The maximum absolute atomic E-state index is 13.6. The number of hydrogen-bond donors (Lipinski definition) is 1. The molecule has 0 spiro atoms. The minimum absolute atomic E-state index is 0.179. The van der Waals surface area contributed by atoms with Crippen molar-refractivity contribution in [2.24, 2.45) is 5.73 Å². The molecule has 0 saturated carbocycles. The summed E-state index contributed by atoms with van der Waals surface area (Å²) in [5.74, 6) is 4.47. The van der Waals surface area contributed by atoms with Crippen LogP contribution in [-0.2, 0) is 0 Å². The number of carbonyl (C=O) groups is 1. The Morgan fingerprint density at radius 3 is 2.76 bits per heavy atom. The summed E-state index contributed by atoms with van der Waals surface area (Å²) < 4.78 is 13.6. The Bertz CT molecular complexity index is 474. The zero-order chi connectivity index (χ0) is 12.8. The summed E-state index contributed by atoms with van der Waals surface area (Å²) in [5.41, 5.74) is 5.79. The van der Waals surface area contributed by atoms with E-state index in [0.29, 0.717) is 12.1 Å². The van der Waals surface area contributed by atoms with Crippen molar-refractivity contribution < 1.29 is 9.18 Å². The van der Waals surface area contributed by atoms with Gasteiger partial charge in [-0.15, -0.1) is 0 Å². The second-order valence-corrected chi connectivity index (χ2v) is 3.52. The molecule has 0 aliphatic heterocycles. The van der Waals surface area contributed by atoms with Crippen molar-refractivity contribution in [3.8, 4) is 11.8 Å². The highest BCUT2D eigenvalue weighted by atomic mass is 19.1. The molecule has 0 bridgehead atoms. The number of benzene rings is 1. The highest BCUT2D eigenvalue weighted by Crippen LogP contribution is 2.11. The summed E-state index contributed by atoms with van der Waals surface area (Å²) in [5, 5.41) is 0. The fraction of sp³-hybridized carbons (Fsp3) is 0.308. The molecule has 0 unspecified atom stereocenters. The summed E-state index contributed by atoms with van der Waals surface area (Å²) in [7, 11) is 1.67. The lowest BCUT2D eigenvalue weighted by Crippen LogP contribution is -2.26. The highest BCUT2D eigenvalue weighted by Gasteiger charge is 2.11. The van der Waals surface area contributed by atoms with Crippen LogP contribution in [0.3, 0.4) is 0 Å². The molecule has 17 heavy (non-hydrogen) atoms. The van der Waals surface area contributed by atoms with Crippen molar-refractivity contribution in [2.75, 3.05) is 20.1 Å². The van der Waals surface area contributed by atoms with E-state index >= 15 is 0 Å². The van der Waals surface area contributed by atoms with Crippen molar-refractivity contribution in [3.63, 3.8) is 0 Å². The Labute approximate surface area is 100 Å².